The zero-order chi connectivity index (χ0) is 28.2. The standard InChI is InChI=1S/C34H21N3O4/c35-23-13-5-10-20(31(38)21-11-6-16-26-29(21)32(39)18-8-1-3-14-24(18)36-26)28(23)34(41)22-12-7-17-27-30(22)33(40)19-9-2-4-15-25(19)37-27/h1-17H,35H2,(H,36,39)(H,37,40). The molecule has 0 aliphatic heterocycles. The van der Waals surface area contributed by atoms with Gasteiger partial charge in [0.15, 0.2) is 22.4 Å². The second-order valence-corrected chi connectivity index (χ2v) is 9.88. The van der Waals surface area contributed by atoms with Gasteiger partial charge in [0.1, 0.15) is 0 Å². The molecule has 0 atom stereocenters. The predicted octanol–water partition coefficient (Wildman–Crippen LogP) is 5.72. The van der Waals surface area contributed by atoms with Gasteiger partial charge >= 0.3 is 0 Å². The number of carbonyl (C=O) groups is 2. The number of benzene rings is 5. The van der Waals surface area contributed by atoms with Crippen LogP contribution in [0.25, 0.3) is 43.6 Å². The Labute approximate surface area is 231 Å². The summed E-state index contributed by atoms with van der Waals surface area (Å²) >= 11 is 0. The Morgan fingerprint density at radius 1 is 0.488 bits per heavy atom. The predicted molar refractivity (Wildman–Crippen MR) is 162 cm³/mol. The molecule has 0 saturated carbocycles. The van der Waals surface area contributed by atoms with E-state index in [0.717, 1.165) is 0 Å². The molecule has 7 nitrogen and oxygen atoms in total. The zero-order valence-electron chi connectivity index (χ0n) is 21.5. The number of ketones is 2. The fraction of sp³-hybridized carbons (Fsp3) is 0. The lowest BCUT2D eigenvalue weighted by molar-refractivity contribution is 0.101. The molecule has 0 amide bonds. The van der Waals surface area contributed by atoms with Crippen LogP contribution in [-0.2, 0) is 0 Å². The van der Waals surface area contributed by atoms with Crippen molar-refractivity contribution in [3.05, 3.63) is 146 Å². The number of anilines is 1. The van der Waals surface area contributed by atoms with Crippen molar-refractivity contribution in [2.45, 2.75) is 0 Å². The van der Waals surface area contributed by atoms with Crippen molar-refractivity contribution in [3.8, 4) is 0 Å². The first-order chi connectivity index (χ1) is 19.9. The highest BCUT2D eigenvalue weighted by Gasteiger charge is 2.26. The van der Waals surface area contributed by atoms with E-state index in [1.807, 2.05) is 12.1 Å². The molecule has 7 heteroatoms. The topological polar surface area (TPSA) is 126 Å². The Bertz CT molecular complexity index is 2370. The van der Waals surface area contributed by atoms with Gasteiger partial charge in [-0.2, -0.15) is 0 Å². The summed E-state index contributed by atoms with van der Waals surface area (Å²) < 4.78 is 0. The Kier molecular flexibility index (Phi) is 5.40. The minimum Gasteiger partial charge on any atom is -0.398 e. The first kappa shape index (κ1) is 24.2. The Balaban J connectivity index is 1.45. The summed E-state index contributed by atoms with van der Waals surface area (Å²) in [7, 11) is 0. The van der Waals surface area contributed by atoms with E-state index in [2.05, 4.69) is 9.97 Å². The minimum atomic E-state index is -0.558. The lowest BCUT2D eigenvalue weighted by Crippen LogP contribution is -2.17. The SMILES string of the molecule is Nc1cccc(C(=O)c2cccc3[nH]c4ccccc4c(=O)c23)c1C(=O)c1cccc2[nH]c3ccccc3c(=O)c12. The summed E-state index contributed by atoms with van der Waals surface area (Å²) in [5, 5.41) is 1.34. The maximum absolute atomic E-state index is 14.2. The van der Waals surface area contributed by atoms with E-state index in [1.165, 1.54) is 12.1 Å². The van der Waals surface area contributed by atoms with Crippen molar-refractivity contribution in [1.29, 1.82) is 0 Å². The van der Waals surface area contributed by atoms with Crippen molar-refractivity contribution < 1.29 is 9.59 Å². The summed E-state index contributed by atoms with van der Waals surface area (Å²) in [5.74, 6) is -1.08. The Hall–Kier alpha value is -5.82. The highest BCUT2D eigenvalue weighted by atomic mass is 16.1. The third-order valence-corrected chi connectivity index (χ3v) is 7.52. The molecule has 4 N–H and O–H groups in total. The molecule has 0 bridgehead atoms. The molecule has 2 heterocycles. The van der Waals surface area contributed by atoms with Crippen molar-refractivity contribution in [3.63, 3.8) is 0 Å². The summed E-state index contributed by atoms with van der Waals surface area (Å²) in [6, 6.07) is 28.8. The molecule has 0 saturated heterocycles. The highest BCUT2D eigenvalue weighted by Crippen LogP contribution is 2.28. The number of carbonyl (C=O) groups excluding carboxylic acids is 2. The van der Waals surface area contributed by atoms with E-state index >= 15 is 0 Å². The molecule has 0 spiro atoms. The minimum absolute atomic E-state index is 0.0215. The number of hydrogen-bond acceptors (Lipinski definition) is 5. The van der Waals surface area contributed by atoms with E-state index < -0.39 is 11.6 Å². The molecule has 7 rings (SSSR count). The smallest absolute Gasteiger partial charge is 0.197 e. The van der Waals surface area contributed by atoms with Crippen LogP contribution in [0.15, 0.2) is 113 Å². The average Bonchev–Trinajstić information content (AvgIpc) is 3.00. The molecule has 41 heavy (non-hydrogen) atoms. The van der Waals surface area contributed by atoms with Crippen LogP contribution in [0.2, 0.25) is 0 Å². The molecular formula is C34H21N3O4. The number of fused-ring (bicyclic) bond motifs is 4. The largest absolute Gasteiger partial charge is 0.398 e. The van der Waals surface area contributed by atoms with Gasteiger partial charge in [0.2, 0.25) is 0 Å². The second-order valence-electron chi connectivity index (χ2n) is 9.88. The van der Waals surface area contributed by atoms with Gasteiger partial charge in [-0.1, -0.05) is 60.7 Å². The monoisotopic (exact) mass is 535 g/mol. The van der Waals surface area contributed by atoms with Gasteiger partial charge in [-0.3, -0.25) is 19.2 Å². The van der Waals surface area contributed by atoms with Crippen LogP contribution in [-0.4, -0.2) is 21.5 Å². The van der Waals surface area contributed by atoms with Crippen LogP contribution in [0, 0.1) is 0 Å². The zero-order valence-corrected chi connectivity index (χ0v) is 21.5. The molecule has 0 aliphatic carbocycles. The van der Waals surface area contributed by atoms with Gasteiger partial charge in [0, 0.05) is 44.2 Å². The van der Waals surface area contributed by atoms with Crippen LogP contribution in [0.3, 0.4) is 0 Å². The quantitative estimate of drug-likeness (QED) is 0.151. The van der Waals surface area contributed by atoms with Gasteiger partial charge in [-0.25, -0.2) is 0 Å². The van der Waals surface area contributed by atoms with Gasteiger partial charge in [0.05, 0.1) is 27.4 Å². The van der Waals surface area contributed by atoms with Crippen molar-refractivity contribution in [2.75, 3.05) is 5.73 Å². The number of aromatic amines is 2. The Morgan fingerprint density at radius 3 is 1.49 bits per heavy atom. The van der Waals surface area contributed by atoms with Crippen LogP contribution >= 0.6 is 0 Å². The van der Waals surface area contributed by atoms with E-state index in [1.54, 1.807) is 78.9 Å². The van der Waals surface area contributed by atoms with Crippen LogP contribution in [0.1, 0.15) is 31.8 Å². The number of H-pyrrole nitrogens is 2. The molecule has 2 aromatic heterocycles. The third kappa shape index (κ3) is 3.67. The maximum Gasteiger partial charge on any atom is 0.197 e. The molecule has 0 unspecified atom stereocenters. The van der Waals surface area contributed by atoms with Crippen LogP contribution in [0.5, 0.6) is 0 Å². The number of nitrogens with two attached hydrogens (primary N) is 1. The van der Waals surface area contributed by atoms with Crippen molar-refractivity contribution in [1.82, 2.24) is 9.97 Å². The number of nitrogens with one attached hydrogen (secondary N) is 2. The van der Waals surface area contributed by atoms with Crippen LogP contribution in [0.4, 0.5) is 5.69 Å². The first-order valence-electron chi connectivity index (χ1n) is 13.0. The number of aromatic nitrogens is 2. The molecular weight excluding hydrogens is 514 g/mol. The molecule has 0 fully saturated rings. The first-order valence-corrected chi connectivity index (χ1v) is 13.0. The van der Waals surface area contributed by atoms with Crippen LogP contribution < -0.4 is 16.6 Å². The summed E-state index contributed by atoms with van der Waals surface area (Å²) in [5.41, 5.74) is 8.45. The molecule has 0 radical (unpaired) electrons. The van der Waals surface area contributed by atoms with Crippen molar-refractivity contribution >= 4 is 60.9 Å². The molecule has 196 valence electrons. The molecule has 5 aromatic carbocycles. The van der Waals surface area contributed by atoms with Crippen molar-refractivity contribution in [2.24, 2.45) is 0 Å². The summed E-state index contributed by atoms with van der Waals surface area (Å²) in [4.78, 5) is 61.9. The fourth-order valence-electron chi connectivity index (χ4n) is 5.61. The number of para-hydroxylation sites is 2. The second kappa shape index (κ2) is 9.14. The van der Waals surface area contributed by atoms with E-state index in [-0.39, 0.29) is 49.6 Å². The lowest BCUT2D eigenvalue weighted by atomic mass is 9.89. The van der Waals surface area contributed by atoms with E-state index in [4.69, 9.17) is 5.73 Å². The summed E-state index contributed by atoms with van der Waals surface area (Å²) in [6.07, 6.45) is 0. The molecule has 0 aliphatic rings. The Morgan fingerprint density at radius 2 is 0.927 bits per heavy atom. The fourth-order valence-corrected chi connectivity index (χ4v) is 5.61. The van der Waals surface area contributed by atoms with E-state index in [9.17, 15) is 19.2 Å². The van der Waals surface area contributed by atoms with E-state index in [0.29, 0.717) is 32.8 Å². The highest BCUT2D eigenvalue weighted by molar-refractivity contribution is 6.26. The number of rotatable bonds is 4. The average molecular weight is 536 g/mol. The molecule has 7 aromatic rings. The van der Waals surface area contributed by atoms with Gasteiger partial charge in [-0.05, 0) is 42.5 Å². The number of hydrogen-bond donors (Lipinski definition) is 3. The van der Waals surface area contributed by atoms with Gasteiger partial charge in [0.25, 0.3) is 0 Å². The van der Waals surface area contributed by atoms with Gasteiger partial charge < -0.3 is 15.7 Å². The summed E-state index contributed by atoms with van der Waals surface area (Å²) in [6.45, 7) is 0. The number of pyridine rings is 2. The maximum atomic E-state index is 14.2. The lowest BCUT2D eigenvalue weighted by Gasteiger charge is -2.14. The van der Waals surface area contributed by atoms with Gasteiger partial charge in [-0.15, -0.1) is 0 Å². The normalized spacial score (nSPS) is 11.4. The number of nitrogen functional groups attached to an aromatic ring is 1. The third-order valence-electron chi connectivity index (χ3n) is 7.52.